The maximum Gasteiger partial charge on any atom is 0.242 e. The number of nitrogens with zero attached hydrogens (tertiary/aromatic N) is 1. The zero-order valence-corrected chi connectivity index (χ0v) is 16.2. The molecule has 1 amide bonds. The van der Waals surface area contributed by atoms with Gasteiger partial charge in [-0.3, -0.25) is 4.79 Å². The molecule has 2 rings (SSSR count). The Kier molecular flexibility index (Phi) is 7.19. The lowest BCUT2D eigenvalue weighted by Crippen LogP contribution is -2.28. The fourth-order valence-corrected chi connectivity index (χ4v) is 3.96. The van der Waals surface area contributed by atoms with E-state index in [4.69, 9.17) is 0 Å². The number of halogens is 1. The monoisotopic (exact) mass is 396 g/mol. The van der Waals surface area contributed by atoms with Crippen molar-refractivity contribution in [2.24, 2.45) is 0 Å². The van der Waals surface area contributed by atoms with E-state index in [1.54, 1.807) is 11.8 Å². The predicted octanol–water partition coefficient (Wildman–Crippen LogP) is 3.59. The van der Waals surface area contributed by atoms with Crippen LogP contribution in [0, 0.1) is 5.82 Å². The summed E-state index contributed by atoms with van der Waals surface area (Å²) in [6.07, 6.45) is 2.54. The van der Waals surface area contributed by atoms with Gasteiger partial charge in [0, 0.05) is 30.6 Å². The molecule has 0 aliphatic rings. The van der Waals surface area contributed by atoms with Crippen LogP contribution in [0.25, 0.3) is 0 Å². The summed E-state index contributed by atoms with van der Waals surface area (Å²) >= 11 is 1.59. The molecule has 0 atom stereocenters. The van der Waals surface area contributed by atoms with Crippen molar-refractivity contribution in [2.45, 2.75) is 22.6 Å². The number of hydrogen-bond donors (Lipinski definition) is 1. The lowest BCUT2D eigenvalue weighted by Gasteiger charge is -2.17. The van der Waals surface area contributed by atoms with Crippen molar-refractivity contribution in [3.63, 3.8) is 0 Å². The summed E-state index contributed by atoms with van der Waals surface area (Å²) in [5, 5.41) is 2.81. The molecule has 0 spiro atoms. The molecule has 0 heterocycles. The third kappa shape index (κ3) is 5.55. The van der Waals surface area contributed by atoms with Gasteiger partial charge in [0.15, 0.2) is 0 Å². The van der Waals surface area contributed by atoms with Gasteiger partial charge in [0.2, 0.25) is 15.9 Å². The molecule has 5 nitrogen and oxygen atoms in total. The number of thioether (sulfide) groups is 1. The first-order valence-electron chi connectivity index (χ1n) is 7.99. The smallest absolute Gasteiger partial charge is 0.242 e. The Hall–Kier alpha value is -1.90. The molecule has 0 radical (unpaired) electrons. The molecule has 2 aromatic rings. The summed E-state index contributed by atoms with van der Waals surface area (Å²) in [5.74, 6) is -0.662. The van der Waals surface area contributed by atoms with E-state index in [2.05, 4.69) is 5.32 Å². The maximum absolute atomic E-state index is 12.9. The predicted molar refractivity (Wildman–Crippen MR) is 102 cm³/mol. The van der Waals surface area contributed by atoms with E-state index in [-0.39, 0.29) is 23.8 Å². The minimum absolute atomic E-state index is 0.0275. The number of benzene rings is 2. The third-order valence-electron chi connectivity index (χ3n) is 3.75. The molecule has 140 valence electrons. The summed E-state index contributed by atoms with van der Waals surface area (Å²) in [6, 6.07) is 12.2. The lowest BCUT2D eigenvalue weighted by atomic mass is 10.2. The molecule has 8 heteroatoms. The second-order valence-corrected chi connectivity index (χ2v) is 8.59. The molecule has 0 saturated heterocycles. The zero-order chi connectivity index (χ0) is 19.2. The van der Waals surface area contributed by atoms with E-state index in [0.29, 0.717) is 12.1 Å². The number of anilines is 1. The Morgan fingerprint density at radius 2 is 1.88 bits per heavy atom. The highest BCUT2D eigenvalue weighted by Crippen LogP contribution is 2.19. The maximum atomic E-state index is 12.9. The van der Waals surface area contributed by atoms with Gasteiger partial charge in [-0.1, -0.05) is 6.07 Å². The highest BCUT2D eigenvalue weighted by molar-refractivity contribution is 7.98. The van der Waals surface area contributed by atoms with Crippen molar-refractivity contribution >= 4 is 33.4 Å². The van der Waals surface area contributed by atoms with Crippen molar-refractivity contribution in [3.05, 3.63) is 54.3 Å². The first-order valence-corrected chi connectivity index (χ1v) is 10.7. The summed E-state index contributed by atoms with van der Waals surface area (Å²) < 4.78 is 38.9. The van der Waals surface area contributed by atoms with Crippen LogP contribution in [0.15, 0.2) is 58.3 Å². The third-order valence-corrected chi connectivity index (χ3v) is 6.35. The van der Waals surface area contributed by atoms with Gasteiger partial charge >= 0.3 is 0 Å². The van der Waals surface area contributed by atoms with Gasteiger partial charge in [-0.25, -0.2) is 17.1 Å². The van der Waals surface area contributed by atoms with Crippen molar-refractivity contribution in [3.8, 4) is 0 Å². The molecule has 0 unspecified atom stereocenters. The average molecular weight is 397 g/mol. The van der Waals surface area contributed by atoms with Gasteiger partial charge < -0.3 is 5.32 Å². The van der Waals surface area contributed by atoms with Gasteiger partial charge in [0.25, 0.3) is 0 Å². The highest BCUT2D eigenvalue weighted by Gasteiger charge is 2.20. The van der Waals surface area contributed by atoms with Gasteiger partial charge in [-0.05, 0) is 55.1 Å². The number of nitrogens with one attached hydrogen (secondary N) is 1. The molecule has 0 aliphatic carbocycles. The van der Waals surface area contributed by atoms with Crippen LogP contribution in [-0.4, -0.2) is 38.5 Å². The Morgan fingerprint density at radius 3 is 2.54 bits per heavy atom. The number of hydrogen-bond acceptors (Lipinski definition) is 4. The van der Waals surface area contributed by atoms with Crippen LogP contribution in [0.4, 0.5) is 10.1 Å². The summed E-state index contributed by atoms with van der Waals surface area (Å²) in [7, 11) is -2.25. The number of carbonyl (C=O) groups excluding carboxylic acids is 1. The van der Waals surface area contributed by atoms with E-state index < -0.39 is 15.8 Å². The van der Waals surface area contributed by atoms with Crippen molar-refractivity contribution in [2.75, 3.05) is 25.2 Å². The topological polar surface area (TPSA) is 66.5 Å². The number of rotatable bonds is 8. The molecule has 0 aromatic heterocycles. The second kappa shape index (κ2) is 9.16. The Morgan fingerprint density at radius 1 is 1.19 bits per heavy atom. The van der Waals surface area contributed by atoms with Crippen LogP contribution in [0.3, 0.4) is 0 Å². The van der Waals surface area contributed by atoms with Gasteiger partial charge in [-0.15, -0.1) is 11.8 Å². The Bertz CT molecular complexity index is 855. The van der Waals surface area contributed by atoms with Crippen molar-refractivity contribution in [1.82, 2.24) is 4.31 Å². The molecule has 0 fully saturated rings. The first-order chi connectivity index (χ1) is 12.3. The lowest BCUT2D eigenvalue weighted by molar-refractivity contribution is -0.116. The summed E-state index contributed by atoms with van der Waals surface area (Å²) in [4.78, 5) is 13.1. The quantitative estimate of drug-likeness (QED) is 0.693. The molecular weight excluding hydrogens is 375 g/mol. The Balaban J connectivity index is 1.86. The standard InChI is InChI=1S/C18H21FN2O3S2/c1-21(26(23,24)17-10-8-14(19)9-11-17)12-4-7-18(22)20-15-5-3-6-16(13-15)25-2/h3,5-6,8-11,13H,4,7,12H2,1-2H3,(H,20,22). The molecular formula is C18H21FN2O3S2. The van der Waals surface area contributed by atoms with E-state index in [9.17, 15) is 17.6 Å². The Labute approximate surface area is 157 Å². The van der Waals surface area contributed by atoms with Gasteiger partial charge in [0.05, 0.1) is 4.90 Å². The van der Waals surface area contributed by atoms with Crippen LogP contribution < -0.4 is 5.32 Å². The zero-order valence-electron chi connectivity index (χ0n) is 14.6. The second-order valence-electron chi connectivity index (χ2n) is 5.66. The SMILES string of the molecule is CSc1cccc(NC(=O)CCCN(C)S(=O)(=O)c2ccc(F)cc2)c1. The summed E-state index contributed by atoms with van der Waals surface area (Å²) in [5.41, 5.74) is 0.717. The number of carbonyl (C=O) groups is 1. The molecule has 2 aromatic carbocycles. The molecule has 1 N–H and O–H groups in total. The van der Waals surface area contributed by atoms with E-state index in [0.717, 1.165) is 17.0 Å². The first kappa shape index (κ1) is 20.4. The summed E-state index contributed by atoms with van der Waals surface area (Å²) in [6.45, 7) is 0.192. The van der Waals surface area contributed by atoms with E-state index in [1.165, 1.54) is 23.5 Å². The van der Waals surface area contributed by atoms with Crippen LogP contribution in [0.1, 0.15) is 12.8 Å². The fourth-order valence-electron chi connectivity index (χ4n) is 2.29. The highest BCUT2D eigenvalue weighted by atomic mass is 32.2. The minimum atomic E-state index is -3.69. The van der Waals surface area contributed by atoms with Crippen LogP contribution in [0.2, 0.25) is 0 Å². The molecule has 0 aliphatic heterocycles. The van der Waals surface area contributed by atoms with Crippen LogP contribution >= 0.6 is 11.8 Å². The van der Waals surface area contributed by atoms with Gasteiger partial charge in [0.1, 0.15) is 5.82 Å². The molecule has 26 heavy (non-hydrogen) atoms. The van der Waals surface area contributed by atoms with Crippen molar-refractivity contribution in [1.29, 1.82) is 0 Å². The number of sulfonamides is 1. The number of amides is 1. The normalized spacial score (nSPS) is 11.5. The molecule has 0 bridgehead atoms. The van der Waals surface area contributed by atoms with Crippen LogP contribution in [-0.2, 0) is 14.8 Å². The van der Waals surface area contributed by atoms with E-state index in [1.807, 2.05) is 30.5 Å². The fraction of sp³-hybridized carbons (Fsp3) is 0.278. The van der Waals surface area contributed by atoms with Crippen molar-refractivity contribution < 1.29 is 17.6 Å². The molecule has 0 saturated carbocycles. The largest absolute Gasteiger partial charge is 0.326 e. The van der Waals surface area contributed by atoms with E-state index >= 15 is 0 Å². The van der Waals surface area contributed by atoms with Gasteiger partial charge in [-0.2, -0.15) is 0 Å². The van der Waals surface area contributed by atoms with Crippen LogP contribution in [0.5, 0.6) is 0 Å². The average Bonchev–Trinajstić information content (AvgIpc) is 2.62. The minimum Gasteiger partial charge on any atom is -0.326 e.